The predicted molar refractivity (Wildman–Crippen MR) is 96.1 cm³/mol. The van der Waals surface area contributed by atoms with Crippen molar-refractivity contribution in [2.75, 3.05) is 0 Å². The van der Waals surface area contributed by atoms with Crippen LogP contribution >= 0.6 is 34.4 Å². The summed E-state index contributed by atoms with van der Waals surface area (Å²) in [7, 11) is 0. The Morgan fingerprint density at radius 3 is 2.91 bits per heavy atom. The molecule has 0 aliphatic rings. The Labute approximate surface area is 147 Å². The van der Waals surface area contributed by atoms with Crippen LogP contribution in [0.5, 0.6) is 0 Å². The number of amides is 1. The van der Waals surface area contributed by atoms with Gasteiger partial charge in [0, 0.05) is 27.1 Å². The number of thiazole rings is 2. The molecule has 0 saturated heterocycles. The summed E-state index contributed by atoms with van der Waals surface area (Å²) in [5, 5.41) is 6.00. The van der Waals surface area contributed by atoms with E-state index in [1.54, 1.807) is 34.4 Å². The monoisotopic (exact) mass is 361 g/mol. The molecule has 0 fully saturated rings. The van der Waals surface area contributed by atoms with Crippen molar-refractivity contribution in [3.8, 4) is 0 Å². The Balaban J connectivity index is 1.65. The Morgan fingerprint density at radius 2 is 2.17 bits per heavy atom. The normalized spacial score (nSPS) is 10.7. The Hall–Kier alpha value is -1.70. The zero-order chi connectivity index (χ0) is 16.1. The summed E-state index contributed by atoms with van der Waals surface area (Å²) in [4.78, 5) is 23.0. The number of thioether (sulfide) groups is 1. The molecule has 23 heavy (non-hydrogen) atoms. The van der Waals surface area contributed by atoms with Crippen molar-refractivity contribution in [2.24, 2.45) is 0 Å². The summed E-state index contributed by atoms with van der Waals surface area (Å²) in [5.74, 6) is 0.708. The van der Waals surface area contributed by atoms with E-state index < -0.39 is 0 Å². The quantitative estimate of drug-likeness (QED) is 0.671. The van der Waals surface area contributed by atoms with Crippen LogP contribution in [0, 0.1) is 6.92 Å². The SMILES string of the molecule is Cc1ncc(CNC(=O)c2ccccc2SCc2cscn2)s1. The molecule has 1 amide bonds. The van der Waals surface area contributed by atoms with E-state index in [0.717, 1.165) is 26.2 Å². The van der Waals surface area contributed by atoms with Gasteiger partial charge in [0.1, 0.15) is 0 Å². The standard InChI is InChI=1S/C16H15N3OS3/c1-11-17-6-13(23-11)7-18-16(20)14-4-2-3-5-15(14)22-9-12-8-21-10-19-12/h2-6,8,10H,7,9H2,1H3,(H,18,20). The molecule has 0 saturated carbocycles. The first kappa shape index (κ1) is 16.2. The van der Waals surface area contributed by atoms with Gasteiger partial charge in [-0.2, -0.15) is 0 Å². The van der Waals surface area contributed by atoms with Crippen LogP contribution in [0.2, 0.25) is 0 Å². The van der Waals surface area contributed by atoms with E-state index >= 15 is 0 Å². The van der Waals surface area contributed by atoms with Gasteiger partial charge in [0.25, 0.3) is 5.91 Å². The lowest BCUT2D eigenvalue weighted by Crippen LogP contribution is -2.22. The van der Waals surface area contributed by atoms with Gasteiger partial charge in [0.2, 0.25) is 0 Å². The molecule has 0 bridgehead atoms. The van der Waals surface area contributed by atoms with E-state index in [1.807, 2.05) is 48.3 Å². The van der Waals surface area contributed by atoms with E-state index in [-0.39, 0.29) is 5.91 Å². The summed E-state index contributed by atoms with van der Waals surface area (Å²) < 4.78 is 0. The summed E-state index contributed by atoms with van der Waals surface area (Å²) >= 11 is 4.82. The first-order valence-corrected chi connectivity index (χ1v) is 9.75. The number of aryl methyl sites for hydroxylation is 1. The zero-order valence-corrected chi connectivity index (χ0v) is 14.9. The number of nitrogens with zero attached hydrogens (tertiary/aromatic N) is 2. The molecule has 1 aromatic carbocycles. The van der Waals surface area contributed by atoms with Crippen LogP contribution in [0.1, 0.15) is 25.9 Å². The van der Waals surface area contributed by atoms with Crippen molar-refractivity contribution >= 4 is 40.3 Å². The second-order valence-corrected chi connectivity index (χ2v) is 7.85. The summed E-state index contributed by atoms with van der Waals surface area (Å²) in [6.07, 6.45) is 1.81. The molecule has 0 unspecified atom stereocenters. The molecule has 7 heteroatoms. The fraction of sp³-hybridized carbons (Fsp3) is 0.188. The zero-order valence-electron chi connectivity index (χ0n) is 12.5. The maximum atomic E-state index is 12.5. The van der Waals surface area contributed by atoms with Gasteiger partial charge in [-0.1, -0.05) is 12.1 Å². The molecule has 3 rings (SSSR count). The number of hydrogen-bond donors (Lipinski definition) is 1. The number of hydrogen-bond acceptors (Lipinski definition) is 6. The first-order valence-electron chi connectivity index (χ1n) is 7.01. The van der Waals surface area contributed by atoms with Gasteiger partial charge in [0.15, 0.2) is 0 Å². The summed E-state index contributed by atoms with van der Waals surface area (Å²) in [6, 6.07) is 7.67. The van der Waals surface area contributed by atoms with Gasteiger partial charge in [0.05, 0.1) is 28.3 Å². The molecule has 0 spiro atoms. The van der Waals surface area contributed by atoms with Gasteiger partial charge in [-0.3, -0.25) is 4.79 Å². The smallest absolute Gasteiger partial charge is 0.252 e. The molecule has 0 atom stereocenters. The van der Waals surface area contributed by atoms with Crippen LogP contribution < -0.4 is 5.32 Å². The molecule has 118 valence electrons. The van der Waals surface area contributed by atoms with Crippen molar-refractivity contribution in [3.05, 3.63) is 62.5 Å². The first-order chi connectivity index (χ1) is 11.2. The van der Waals surface area contributed by atoms with Gasteiger partial charge < -0.3 is 5.32 Å². The van der Waals surface area contributed by atoms with Crippen LogP contribution in [0.3, 0.4) is 0 Å². The number of rotatable bonds is 6. The highest BCUT2D eigenvalue weighted by atomic mass is 32.2. The van der Waals surface area contributed by atoms with Crippen LogP contribution in [0.15, 0.2) is 46.2 Å². The largest absolute Gasteiger partial charge is 0.347 e. The van der Waals surface area contributed by atoms with Crippen molar-refractivity contribution < 1.29 is 4.79 Å². The molecule has 3 aromatic rings. The fourth-order valence-corrected chi connectivity index (χ4v) is 4.34. The molecule has 1 N–H and O–H groups in total. The third kappa shape index (κ3) is 4.40. The van der Waals surface area contributed by atoms with Gasteiger partial charge >= 0.3 is 0 Å². The van der Waals surface area contributed by atoms with Crippen molar-refractivity contribution in [2.45, 2.75) is 24.1 Å². The average Bonchev–Trinajstić information content (AvgIpc) is 3.22. The summed E-state index contributed by atoms with van der Waals surface area (Å²) in [5.41, 5.74) is 3.57. The Bertz CT molecular complexity index is 783. The Morgan fingerprint density at radius 1 is 1.30 bits per heavy atom. The molecular formula is C16H15N3OS3. The average molecular weight is 362 g/mol. The highest BCUT2D eigenvalue weighted by molar-refractivity contribution is 7.98. The van der Waals surface area contributed by atoms with Crippen LogP contribution in [0.25, 0.3) is 0 Å². The van der Waals surface area contributed by atoms with E-state index in [1.165, 1.54) is 0 Å². The maximum Gasteiger partial charge on any atom is 0.252 e. The lowest BCUT2D eigenvalue weighted by molar-refractivity contribution is 0.0948. The number of carbonyl (C=O) groups is 1. The Kier molecular flexibility index (Phi) is 5.43. The predicted octanol–water partition coefficient (Wildman–Crippen LogP) is 4.13. The van der Waals surface area contributed by atoms with Crippen molar-refractivity contribution in [1.29, 1.82) is 0 Å². The highest BCUT2D eigenvalue weighted by Crippen LogP contribution is 2.26. The fourth-order valence-electron chi connectivity index (χ4n) is 1.99. The second-order valence-electron chi connectivity index (χ2n) is 4.79. The lowest BCUT2D eigenvalue weighted by atomic mass is 10.2. The van der Waals surface area contributed by atoms with E-state index in [2.05, 4.69) is 15.3 Å². The molecular weight excluding hydrogens is 346 g/mol. The molecule has 0 radical (unpaired) electrons. The third-order valence-electron chi connectivity index (χ3n) is 3.08. The van der Waals surface area contributed by atoms with E-state index in [4.69, 9.17) is 0 Å². The molecule has 4 nitrogen and oxygen atoms in total. The van der Waals surface area contributed by atoms with E-state index in [9.17, 15) is 4.79 Å². The van der Waals surface area contributed by atoms with Crippen molar-refractivity contribution in [3.63, 3.8) is 0 Å². The minimum Gasteiger partial charge on any atom is -0.347 e. The lowest BCUT2D eigenvalue weighted by Gasteiger charge is -2.08. The number of aromatic nitrogens is 2. The third-order valence-corrected chi connectivity index (χ3v) is 5.74. The molecule has 0 aliphatic heterocycles. The van der Waals surface area contributed by atoms with E-state index in [0.29, 0.717) is 12.1 Å². The molecule has 2 aromatic heterocycles. The maximum absolute atomic E-state index is 12.5. The summed E-state index contributed by atoms with van der Waals surface area (Å²) in [6.45, 7) is 2.47. The molecule has 0 aliphatic carbocycles. The number of carbonyl (C=O) groups excluding carboxylic acids is 1. The topological polar surface area (TPSA) is 54.9 Å². The minimum absolute atomic E-state index is 0.0579. The van der Waals surface area contributed by atoms with Crippen molar-refractivity contribution in [1.82, 2.24) is 15.3 Å². The van der Waals surface area contributed by atoms with Crippen LogP contribution in [-0.2, 0) is 12.3 Å². The second kappa shape index (κ2) is 7.72. The molecule has 2 heterocycles. The van der Waals surface area contributed by atoms with Crippen LogP contribution in [0.4, 0.5) is 0 Å². The minimum atomic E-state index is -0.0579. The van der Waals surface area contributed by atoms with Gasteiger partial charge in [-0.25, -0.2) is 9.97 Å². The highest BCUT2D eigenvalue weighted by Gasteiger charge is 2.12. The number of nitrogens with one attached hydrogen (secondary N) is 1. The van der Waals surface area contributed by atoms with Crippen LogP contribution in [-0.4, -0.2) is 15.9 Å². The van der Waals surface area contributed by atoms with Gasteiger partial charge in [-0.15, -0.1) is 34.4 Å². The number of benzene rings is 1. The van der Waals surface area contributed by atoms with Gasteiger partial charge in [-0.05, 0) is 19.1 Å².